The van der Waals surface area contributed by atoms with Crippen LogP contribution in [0.2, 0.25) is 0 Å². The standard InChI is InChI=1S/C17H18N4O2/c1-10-3-8-14-13(9-10)15(20-19-14)17-18-16(21-23-17)11-4-6-12(22-2)7-5-11/h4-7,10H,3,8-9H2,1-2H3,(H,19,20)/t10-/m0/s1. The summed E-state index contributed by atoms with van der Waals surface area (Å²) in [5.41, 5.74) is 4.09. The van der Waals surface area contributed by atoms with Crippen LogP contribution in [0, 0.1) is 5.92 Å². The zero-order valence-corrected chi connectivity index (χ0v) is 13.2. The van der Waals surface area contributed by atoms with Gasteiger partial charge in [-0.1, -0.05) is 12.1 Å². The zero-order valence-electron chi connectivity index (χ0n) is 13.2. The molecule has 118 valence electrons. The average molecular weight is 310 g/mol. The van der Waals surface area contributed by atoms with Gasteiger partial charge in [0.05, 0.1) is 7.11 Å². The Morgan fingerprint density at radius 2 is 2.09 bits per heavy atom. The summed E-state index contributed by atoms with van der Waals surface area (Å²) in [6.45, 7) is 2.26. The number of hydrogen-bond donors (Lipinski definition) is 1. The molecule has 2 heterocycles. The molecule has 3 aromatic rings. The van der Waals surface area contributed by atoms with Crippen molar-refractivity contribution in [1.29, 1.82) is 0 Å². The van der Waals surface area contributed by atoms with Gasteiger partial charge in [-0.05, 0) is 49.4 Å². The second-order valence-electron chi connectivity index (χ2n) is 6.03. The van der Waals surface area contributed by atoms with Crippen LogP contribution in [0.3, 0.4) is 0 Å². The number of rotatable bonds is 3. The summed E-state index contributed by atoms with van der Waals surface area (Å²) in [7, 11) is 1.64. The summed E-state index contributed by atoms with van der Waals surface area (Å²) in [6, 6.07) is 7.58. The Kier molecular flexibility index (Phi) is 3.37. The second-order valence-corrected chi connectivity index (χ2v) is 6.03. The van der Waals surface area contributed by atoms with E-state index in [1.165, 1.54) is 17.7 Å². The summed E-state index contributed by atoms with van der Waals surface area (Å²) < 4.78 is 10.6. The van der Waals surface area contributed by atoms with Crippen LogP contribution in [0.4, 0.5) is 0 Å². The van der Waals surface area contributed by atoms with Crippen molar-refractivity contribution >= 4 is 0 Å². The van der Waals surface area contributed by atoms with Crippen molar-refractivity contribution in [3.8, 4) is 28.7 Å². The highest BCUT2D eigenvalue weighted by molar-refractivity contribution is 5.61. The number of ether oxygens (including phenoxy) is 1. The number of H-pyrrole nitrogens is 1. The van der Waals surface area contributed by atoms with Gasteiger partial charge in [0.15, 0.2) is 5.69 Å². The molecule has 23 heavy (non-hydrogen) atoms. The smallest absolute Gasteiger partial charge is 0.279 e. The molecular weight excluding hydrogens is 292 g/mol. The lowest BCUT2D eigenvalue weighted by Gasteiger charge is -2.17. The van der Waals surface area contributed by atoms with Crippen LogP contribution in [-0.2, 0) is 12.8 Å². The Balaban J connectivity index is 1.67. The highest BCUT2D eigenvalue weighted by Crippen LogP contribution is 2.32. The van der Waals surface area contributed by atoms with Gasteiger partial charge in [-0.15, -0.1) is 0 Å². The molecule has 0 spiro atoms. The van der Waals surface area contributed by atoms with Crippen molar-refractivity contribution < 1.29 is 9.26 Å². The SMILES string of the molecule is COc1ccc(-c2noc(-c3n[nH]c4c3C[C@@H](C)CC4)n2)cc1. The minimum Gasteiger partial charge on any atom is -0.497 e. The number of aryl methyl sites for hydroxylation is 1. The van der Waals surface area contributed by atoms with Crippen LogP contribution in [-0.4, -0.2) is 27.4 Å². The lowest BCUT2D eigenvalue weighted by Crippen LogP contribution is -2.10. The molecule has 2 aromatic heterocycles. The molecule has 0 fully saturated rings. The molecular formula is C17H18N4O2. The van der Waals surface area contributed by atoms with Crippen molar-refractivity contribution in [2.24, 2.45) is 5.92 Å². The van der Waals surface area contributed by atoms with Gasteiger partial charge in [0, 0.05) is 16.8 Å². The van der Waals surface area contributed by atoms with Crippen LogP contribution in [0.25, 0.3) is 23.0 Å². The van der Waals surface area contributed by atoms with Crippen LogP contribution in [0.15, 0.2) is 28.8 Å². The highest BCUT2D eigenvalue weighted by atomic mass is 16.5. The summed E-state index contributed by atoms with van der Waals surface area (Å²) in [5.74, 6) is 2.49. The second kappa shape index (κ2) is 5.53. The van der Waals surface area contributed by atoms with Gasteiger partial charge in [-0.2, -0.15) is 10.1 Å². The Bertz CT molecular complexity index is 819. The summed E-state index contributed by atoms with van der Waals surface area (Å²) in [5, 5.41) is 11.6. The van der Waals surface area contributed by atoms with Gasteiger partial charge in [0.25, 0.3) is 5.89 Å². The number of fused-ring (bicyclic) bond motifs is 1. The van der Waals surface area contributed by atoms with E-state index in [1.807, 2.05) is 24.3 Å². The highest BCUT2D eigenvalue weighted by Gasteiger charge is 2.25. The Morgan fingerprint density at radius 1 is 1.26 bits per heavy atom. The van der Waals surface area contributed by atoms with Crippen molar-refractivity contribution in [3.05, 3.63) is 35.5 Å². The quantitative estimate of drug-likeness (QED) is 0.803. The van der Waals surface area contributed by atoms with Crippen LogP contribution in [0.1, 0.15) is 24.6 Å². The number of aromatic amines is 1. The lowest BCUT2D eigenvalue weighted by atomic mass is 9.88. The Labute approximate surface area is 133 Å². The van der Waals surface area contributed by atoms with E-state index >= 15 is 0 Å². The van der Waals surface area contributed by atoms with Gasteiger partial charge >= 0.3 is 0 Å². The van der Waals surface area contributed by atoms with E-state index in [0.717, 1.165) is 29.8 Å². The maximum atomic E-state index is 5.45. The maximum Gasteiger partial charge on any atom is 0.279 e. The lowest BCUT2D eigenvalue weighted by molar-refractivity contribution is 0.414. The molecule has 4 rings (SSSR count). The van der Waals surface area contributed by atoms with E-state index in [9.17, 15) is 0 Å². The minimum atomic E-state index is 0.474. The first-order valence-corrected chi connectivity index (χ1v) is 7.79. The third-order valence-corrected chi connectivity index (χ3v) is 4.37. The van der Waals surface area contributed by atoms with Crippen LogP contribution >= 0.6 is 0 Å². The molecule has 1 aliphatic carbocycles. The molecule has 1 aliphatic rings. The summed E-state index contributed by atoms with van der Waals surface area (Å²) in [4.78, 5) is 4.51. The van der Waals surface area contributed by atoms with Crippen LogP contribution in [0.5, 0.6) is 5.75 Å². The Morgan fingerprint density at radius 3 is 2.87 bits per heavy atom. The maximum absolute atomic E-state index is 5.45. The van der Waals surface area contributed by atoms with Gasteiger partial charge in [-0.25, -0.2) is 0 Å². The van der Waals surface area contributed by atoms with E-state index in [4.69, 9.17) is 9.26 Å². The van der Waals surface area contributed by atoms with E-state index in [-0.39, 0.29) is 0 Å². The average Bonchev–Trinajstić information content (AvgIpc) is 3.21. The predicted octanol–water partition coefficient (Wildman–Crippen LogP) is 3.26. The molecule has 0 aliphatic heterocycles. The number of methoxy groups -OCH3 is 1. The van der Waals surface area contributed by atoms with Crippen molar-refractivity contribution in [2.75, 3.05) is 7.11 Å². The molecule has 6 heteroatoms. The molecule has 0 saturated carbocycles. The van der Waals surface area contributed by atoms with Crippen molar-refractivity contribution in [3.63, 3.8) is 0 Å². The van der Waals surface area contributed by atoms with Gasteiger partial charge in [-0.3, -0.25) is 5.10 Å². The third-order valence-electron chi connectivity index (χ3n) is 4.37. The number of hydrogen-bond acceptors (Lipinski definition) is 5. The zero-order chi connectivity index (χ0) is 15.8. The van der Waals surface area contributed by atoms with Gasteiger partial charge < -0.3 is 9.26 Å². The fourth-order valence-corrected chi connectivity index (χ4v) is 3.02. The molecule has 1 N–H and O–H groups in total. The molecule has 6 nitrogen and oxygen atoms in total. The number of benzene rings is 1. The van der Waals surface area contributed by atoms with E-state index in [1.54, 1.807) is 7.11 Å². The van der Waals surface area contributed by atoms with Crippen molar-refractivity contribution in [1.82, 2.24) is 20.3 Å². The molecule has 0 radical (unpaired) electrons. The first kappa shape index (κ1) is 14.0. The Hall–Kier alpha value is -2.63. The fraction of sp³-hybridized carbons (Fsp3) is 0.353. The molecule has 1 atom stereocenters. The molecule has 0 amide bonds. The van der Waals surface area contributed by atoms with E-state index in [2.05, 4.69) is 27.3 Å². The minimum absolute atomic E-state index is 0.474. The molecule has 1 aromatic carbocycles. The van der Waals surface area contributed by atoms with E-state index in [0.29, 0.717) is 17.6 Å². The van der Waals surface area contributed by atoms with Crippen LogP contribution < -0.4 is 4.74 Å². The fourth-order valence-electron chi connectivity index (χ4n) is 3.02. The van der Waals surface area contributed by atoms with E-state index < -0.39 is 0 Å². The summed E-state index contributed by atoms with van der Waals surface area (Å²) >= 11 is 0. The molecule has 0 bridgehead atoms. The molecule has 0 unspecified atom stereocenters. The topological polar surface area (TPSA) is 76.8 Å². The van der Waals surface area contributed by atoms with Crippen molar-refractivity contribution in [2.45, 2.75) is 26.2 Å². The predicted molar refractivity (Wildman–Crippen MR) is 85.1 cm³/mol. The number of aromatic nitrogens is 4. The monoisotopic (exact) mass is 310 g/mol. The molecule has 0 saturated heterocycles. The van der Waals surface area contributed by atoms with Gasteiger partial charge in [0.1, 0.15) is 5.75 Å². The third kappa shape index (κ3) is 2.50. The normalized spacial score (nSPS) is 17.0. The first-order chi connectivity index (χ1) is 11.2. The number of nitrogens with one attached hydrogen (secondary N) is 1. The number of nitrogens with zero attached hydrogens (tertiary/aromatic N) is 3. The largest absolute Gasteiger partial charge is 0.497 e. The first-order valence-electron chi connectivity index (χ1n) is 7.79. The van der Waals surface area contributed by atoms with Gasteiger partial charge in [0.2, 0.25) is 5.82 Å². The summed E-state index contributed by atoms with van der Waals surface area (Å²) in [6.07, 6.45) is 3.22.